The van der Waals surface area contributed by atoms with Gasteiger partial charge in [0.15, 0.2) is 16.3 Å². The Bertz CT molecular complexity index is 1460. The number of aromatic nitrogens is 5. The van der Waals surface area contributed by atoms with Gasteiger partial charge >= 0.3 is 5.69 Å². The van der Waals surface area contributed by atoms with Crippen molar-refractivity contribution in [2.45, 2.75) is 27.3 Å². The fourth-order valence-corrected chi connectivity index (χ4v) is 4.25. The summed E-state index contributed by atoms with van der Waals surface area (Å²) in [7, 11) is 2.93. The van der Waals surface area contributed by atoms with Gasteiger partial charge in [0.25, 0.3) is 5.56 Å². The molecular formula is C21H22N6O3S. The predicted octanol–water partition coefficient (Wildman–Crippen LogP) is 2.12. The molecule has 4 rings (SSSR count). The van der Waals surface area contributed by atoms with Gasteiger partial charge in [-0.05, 0) is 43.5 Å². The van der Waals surface area contributed by atoms with Gasteiger partial charge in [0.05, 0.1) is 12.0 Å². The average Bonchev–Trinajstić information content (AvgIpc) is 3.34. The molecule has 0 fully saturated rings. The molecule has 3 heterocycles. The van der Waals surface area contributed by atoms with E-state index in [0.717, 1.165) is 21.4 Å². The smallest absolute Gasteiger partial charge is 0.315 e. The first-order valence-electron chi connectivity index (χ1n) is 9.62. The van der Waals surface area contributed by atoms with E-state index in [1.54, 1.807) is 0 Å². The van der Waals surface area contributed by atoms with Crippen LogP contribution in [0.4, 0.5) is 5.13 Å². The zero-order valence-electron chi connectivity index (χ0n) is 17.9. The molecule has 1 amide bonds. The maximum Gasteiger partial charge on any atom is 0.332 e. The van der Waals surface area contributed by atoms with E-state index in [-0.39, 0.29) is 23.6 Å². The predicted molar refractivity (Wildman–Crippen MR) is 121 cm³/mol. The Morgan fingerprint density at radius 2 is 1.77 bits per heavy atom. The molecule has 0 saturated heterocycles. The summed E-state index contributed by atoms with van der Waals surface area (Å²) < 4.78 is 3.72. The highest BCUT2D eigenvalue weighted by atomic mass is 32.1. The second-order valence-electron chi connectivity index (χ2n) is 7.59. The molecule has 160 valence electrons. The summed E-state index contributed by atoms with van der Waals surface area (Å²) in [4.78, 5) is 45.9. The van der Waals surface area contributed by atoms with Crippen LogP contribution in [0, 0.1) is 20.8 Å². The molecule has 1 N–H and O–H groups in total. The van der Waals surface area contributed by atoms with Crippen LogP contribution >= 0.6 is 11.3 Å². The van der Waals surface area contributed by atoms with E-state index in [1.807, 2.05) is 12.3 Å². The van der Waals surface area contributed by atoms with Crippen molar-refractivity contribution >= 4 is 33.5 Å². The summed E-state index contributed by atoms with van der Waals surface area (Å²) in [6.45, 7) is 6.05. The fraction of sp³-hybridized carbons (Fsp3) is 0.286. The van der Waals surface area contributed by atoms with Crippen molar-refractivity contribution in [1.29, 1.82) is 0 Å². The van der Waals surface area contributed by atoms with Crippen molar-refractivity contribution in [2.75, 3.05) is 5.32 Å². The molecule has 0 saturated carbocycles. The molecule has 0 atom stereocenters. The average molecular weight is 439 g/mol. The van der Waals surface area contributed by atoms with Crippen molar-refractivity contribution in [1.82, 2.24) is 23.7 Å². The van der Waals surface area contributed by atoms with Gasteiger partial charge in [-0.2, -0.15) is 0 Å². The first-order valence-corrected chi connectivity index (χ1v) is 10.5. The molecule has 0 aliphatic carbocycles. The van der Waals surface area contributed by atoms with Crippen LogP contribution < -0.4 is 16.6 Å². The number of anilines is 1. The van der Waals surface area contributed by atoms with E-state index < -0.39 is 11.2 Å². The van der Waals surface area contributed by atoms with Crippen molar-refractivity contribution in [3.63, 3.8) is 0 Å². The molecule has 0 unspecified atom stereocenters. The van der Waals surface area contributed by atoms with Gasteiger partial charge < -0.3 is 9.88 Å². The topological polar surface area (TPSA) is 104 Å². The summed E-state index contributed by atoms with van der Waals surface area (Å²) in [6.07, 6.45) is 1.39. The SMILES string of the molecule is Cc1cc(C)c(-c2csc(NC(=O)Cn3cnc4c3c(=O)n(C)c(=O)n4C)n2)cc1C. The third-order valence-electron chi connectivity index (χ3n) is 5.40. The Morgan fingerprint density at radius 3 is 2.52 bits per heavy atom. The molecule has 1 aromatic carbocycles. The van der Waals surface area contributed by atoms with Gasteiger partial charge in [0.2, 0.25) is 5.91 Å². The van der Waals surface area contributed by atoms with Gasteiger partial charge in [0.1, 0.15) is 6.54 Å². The van der Waals surface area contributed by atoms with Crippen LogP contribution in [0.5, 0.6) is 0 Å². The maximum atomic E-state index is 12.6. The van der Waals surface area contributed by atoms with Crippen LogP contribution in [-0.4, -0.2) is 29.6 Å². The molecule has 9 nitrogen and oxygen atoms in total. The largest absolute Gasteiger partial charge is 0.332 e. The van der Waals surface area contributed by atoms with Crippen molar-refractivity contribution in [3.8, 4) is 11.3 Å². The molecule has 0 aliphatic rings. The van der Waals surface area contributed by atoms with Crippen LogP contribution in [-0.2, 0) is 25.4 Å². The number of carbonyl (C=O) groups excluding carboxylic acids is 1. The molecule has 10 heteroatoms. The van der Waals surface area contributed by atoms with Gasteiger partial charge in [0, 0.05) is 25.0 Å². The van der Waals surface area contributed by atoms with Crippen molar-refractivity contribution < 1.29 is 4.79 Å². The minimum atomic E-state index is -0.495. The normalized spacial score (nSPS) is 11.3. The summed E-state index contributed by atoms with van der Waals surface area (Å²) in [5, 5.41) is 5.17. The summed E-state index contributed by atoms with van der Waals surface area (Å²) in [5.41, 5.74) is 4.84. The highest BCUT2D eigenvalue weighted by Gasteiger charge is 2.17. The van der Waals surface area contributed by atoms with Crippen molar-refractivity contribution in [2.24, 2.45) is 14.1 Å². The Hall–Kier alpha value is -3.53. The van der Waals surface area contributed by atoms with Crippen molar-refractivity contribution in [3.05, 3.63) is 61.4 Å². The number of rotatable bonds is 4. The number of aryl methyl sites for hydroxylation is 4. The minimum absolute atomic E-state index is 0.123. The molecule has 0 bridgehead atoms. The first kappa shape index (κ1) is 20.7. The zero-order valence-corrected chi connectivity index (χ0v) is 18.7. The number of imidazole rings is 1. The first-order chi connectivity index (χ1) is 14.7. The molecular weight excluding hydrogens is 416 g/mol. The summed E-state index contributed by atoms with van der Waals surface area (Å²) >= 11 is 1.34. The van der Waals surface area contributed by atoms with Crippen LogP contribution in [0.1, 0.15) is 16.7 Å². The number of fused-ring (bicyclic) bond motifs is 1. The Morgan fingerprint density at radius 1 is 1.06 bits per heavy atom. The second-order valence-corrected chi connectivity index (χ2v) is 8.45. The number of benzene rings is 1. The molecule has 0 radical (unpaired) electrons. The number of nitrogens with zero attached hydrogens (tertiary/aromatic N) is 5. The molecule has 4 aromatic rings. The molecule has 0 aliphatic heterocycles. The van der Waals surface area contributed by atoms with E-state index in [0.29, 0.717) is 5.13 Å². The van der Waals surface area contributed by atoms with E-state index >= 15 is 0 Å². The maximum absolute atomic E-state index is 12.6. The van der Waals surface area contributed by atoms with Crippen LogP contribution in [0.15, 0.2) is 33.4 Å². The number of carbonyl (C=O) groups is 1. The van der Waals surface area contributed by atoms with E-state index in [2.05, 4.69) is 41.3 Å². The fourth-order valence-electron chi connectivity index (χ4n) is 3.52. The lowest BCUT2D eigenvalue weighted by Crippen LogP contribution is -2.37. The van der Waals surface area contributed by atoms with Gasteiger partial charge in [-0.3, -0.25) is 18.7 Å². The minimum Gasteiger partial charge on any atom is -0.315 e. The lowest BCUT2D eigenvalue weighted by atomic mass is 9.99. The standard InChI is InChI=1S/C21H22N6O3S/c1-11-6-13(3)14(7-12(11)2)15-9-31-20(23-15)24-16(28)8-27-10-22-18-17(27)19(29)26(5)21(30)25(18)4/h6-7,9-10H,8H2,1-5H3,(H,23,24,28). The monoisotopic (exact) mass is 438 g/mol. The number of nitrogens with one attached hydrogen (secondary N) is 1. The van der Waals surface area contributed by atoms with Gasteiger partial charge in [-0.1, -0.05) is 6.07 Å². The zero-order chi connectivity index (χ0) is 22.4. The lowest BCUT2D eigenvalue weighted by molar-refractivity contribution is -0.116. The highest BCUT2D eigenvalue weighted by molar-refractivity contribution is 7.14. The van der Waals surface area contributed by atoms with Gasteiger partial charge in [-0.25, -0.2) is 14.8 Å². The number of amides is 1. The number of hydrogen-bond acceptors (Lipinski definition) is 6. The second kappa shape index (κ2) is 7.62. The highest BCUT2D eigenvalue weighted by Crippen LogP contribution is 2.29. The molecule has 3 aromatic heterocycles. The Balaban J connectivity index is 1.58. The Labute approximate surface area is 181 Å². The quantitative estimate of drug-likeness (QED) is 0.526. The third kappa shape index (κ3) is 3.59. The Kier molecular flexibility index (Phi) is 5.10. The lowest BCUT2D eigenvalue weighted by Gasteiger charge is -2.08. The summed E-state index contributed by atoms with van der Waals surface area (Å²) in [6, 6.07) is 4.23. The van der Waals surface area contributed by atoms with Crippen LogP contribution in [0.3, 0.4) is 0 Å². The summed E-state index contributed by atoms with van der Waals surface area (Å²) in [5.74, 6) is -0.340. The third-order valence-corrected chi connectivity index (χ3v) is 6.16. The van der Waals surface area contributed by atoms with Crippen LogP contribution in [0.25, 0.3) is 22.4 Å². The molecule has 0 spiro atoms. The van der Waals surface area contributed by atoms with E-state index in [4.69, 9.17) is 0 Å². The van der Waals surface area contributed by atoms with E-state index in [9.17, 15) is 14.4 Å². The number of thiazole rings is 1. The molecule has 31 heavy (non-hydrogen) atoms. The van der Waals surface area contributed by atoms with E-state index in [1.165, 1.54) is 52.0 Å². The number of hydrogen-bond donors (Lipinski definition) is 1. The van der Waals surface area contributed by atoms with Crippen LogP contribution in [0.2, 0.25) is 0 Å². The van der Waals surface area contributed by atoms with Gasteiger partial charge in [-0.15, -0.1) is 11.3 Å².